The topological polar surface area (TPSA) is 62.6 Å². The maximum Gasteiger partial charge on any atom is 0.358 e. The first-order chi connectivity index (χ1) is 11.0. The third-order valence-corrected chi connectivity index (χ3v) is 3.58. The van der Waals surface area contributed by atoms with Crippen molar-refractivity contribution >= 4 is 5.97 Å². The summed E-state index contributed by atoms with van der Waals surface area (Å²) in [6.07, 6.45) is 1.70. The van der Waals surface area contributed by atoms with E-state index in [1.807, 2.05) is 37.5 Å². The van der Waals surface area contributed by atoms with Gasteiger partial charge in [-0.3, -0.25) is 4.57 Å². The predicted molar refractivity (Wildman–Crippen MR) is 84.4 cm³/mol. The van der Waals surface area contributed by atoms with Crippen LogP contribution in [-0.2, 0) is 11.3 Å². The Morgan fingerprint density at radius 3 is 2.91 bits per heavy atom. The second-order valence-electron chi connectivity index (χ2n) is 5.67. The highest BCUT2D eigenvalue weighted by Crippen LogP contribution is 2.36. The van der Waals surface area contributed by atoms with Crippen molar-refractivity contribution in [2.24, 2.45) is 0 Å². The highest BCUT2D eigenvalue weighted by Gasteiger charge is 2.26. The number of imidazole rings is 1. The maximum atomic E-state index is 12.0. The maximum absolute atomic E-state index is 12.0. The van der Waals surface area contributed by atoms with Crippen LogP contribution < -0.4 is 9.47 Å². The highest BCUT2D eigenvalue weighted by molar-refractivity contribution is 5.89. The molecule has 6 heteroatoms. The van der Waals surface area contributed by atoms with E-state index in [2.05, 4.69) is 4.98 Å². The summed E-state index contributed by atoms with van der Waals surface area (Å²) in [5.74, 6) is 1.11. The molecule has 0 unspecified atom stereocenters. The number of carbonyl (C=O) groups is 1. The molecule has 1 aliphatic rings. The summed E-state index contributed by atoms with van der Waals surface area (Å²) >= 11 is 0. The highest BCUT2D eigenvalue weighted by atomic mass is 16.5. The van der Waals surface area contributed by atoms with E-state index in [4.69, 9.17) is 14.2 Å². The summed E-state index contributed by atoms with van der Waals surface area (Å²) < 4.78 is 18.5. The van der Waals surface area contributed by atoms with Crippen LogP contribution in [-0.4, -0.2) is 28.2 Å². The summed E-state index contributed by atoms with van der Waals surface area (Å²) in [6, 6.07) is 3.87. The monoisotopic (exact) mass is 316 g/mol. The number of fused-ring (bicyclic) bond motifs is 3. The standard InChI is InChI=1S/C17H20N2O4/c1-5-21-17(20)16-13-8-22-15-6-11(4)14(23-10(2)3)7-12(15)19(13)9-18-16/h6-7,9-10H,5,8H2,1-4H3. The van der Waals surface area contributed by atoms with Crippen LogP contribution in [0.3, 0.4) is 0 Å². The van der Waals surface area contributed by atoms with Gasteiger partial charge in [0.2, 0.25) is 0 Å². The van der Waals surface area contributed by atoms with Crippen LogP contribution in [0.15, 0.2) is 18.5 Å². The molecule has 0 aliphatic carbocycles. The fraction of sp³-hybridized carbons (Fsp3) is 0.412. The zero-order chi connectivity index (χ0) is 16.6. The fourth-order valence-corrected chi connectivity index (χ4v) is 2.57. The van der Waals surface area contributed by atoms with Crippen molar-refractivity contribution in [1.29, 1.82) is 0 Å². The molecule has 0 N–H and O–H groups in total. The number of aryl methyl sites for hydroxylation is 1. The van der Waals surface area contributed by atoms with E-state index in [0.717, 1.165) is 22.7 Å². The number of carbonyl (C=O) groups excluding carboxylic acids is 1. The summed E-state index contributed by atoms with van der Waals surface area (Å²) in [7, 11) is 0. The number of ether oxygens (including phenoxy) is 3. The van der Waals surface area contributed by atoms with Crippen LogP contribution in [0.2, 0.25) is 0 Å². The number of esters is 1. The lowest BCUT2D eigenvalue weighted by Gasteiger charge is -2.23. The van der Waals surface area contributed by atoms with Gasteiger partial charge in [-0.15, -0.1) is 0 Å². The average Bonchev–Trinajstić information content (AvgIpc) is 2.92. The average molecular weight is 316 g/mol. The molecule has 0 bridgehead atoms. The molecule has 0 radical (unpaired) electrons. The van der Waals surface area contributed by atoms with E-state index >= 15 is 0 Å². The van der Waals surface area contributed by atoms with E-state index in [1.165, 1.54) is 0 Å². The number of nitrogens with zero attached hydrogens (tertiary/aromatic N) is 2. The van der Waals surface area contributed by atoms with Gasteiger partial charge in [-0.25, -0.2) is 9.78 Å². The Labute approximate surface area is 135 Å². The second kappa shape index (κ2) is 5.95. The Balaban J connectivity index is 2.05. The molecule has 0 saturated heterocycles. The zero-order valence-corrected chi connectivity index (χ0v) is 13.8. The van der Waals surface area contributed by atoms with Gasteiger partial charge in [-0.05, 0) is 39.3 Å². The number of benzene rings is 1. The largest absolute Gasteiger partial charge is 0.491 e. The molecule has 0 atom stereocenters. The van der Waals surface area contributed by atoms with Gasteiger partial charge in [0.25, 0.3) is 0 Å². The van der Waals surface area contributed by atoms with Gasteiger partial charge < -0.3 is 14.2 Å². The summed E-state index contributed by atoms with van der Waals surface area (Å²) in [5, 5.41) is 0. The van der Waals surface area contributed by atoms with Crippen molar-refractivity contribution < 1.29 is 19.0 Å². The van der Waals surface area contributed by atoms with Gasteiger partial charge >= 0.3 is 5.97 Å². The van der Waals surface area contributed by atoms with Crippen molar-refractivity contribution in [3.63, 3.8) is 0 Å². The van der Waals surface area contributed by atoms with E-state index < -0.39 is 5.97 Å². The van der Waals surface area contributed by atoms with Gasteiger partial charge in [0.05, 0.1) is 24.1 Å². The minimum Gasteiger partial charge on any atom is -0.491 e. The predicted octanol–water partition coefficient (Wildman–Crippen LogP) is 3.04. The molecule has 0 fully saturated rings. The number of rotatable bonds is 4. The molecule has 23 heavy (non-hydrogen) atoms. The van der Waals surface area contributed by atoms with Crippen LogP contribution in [0, 0.1) is 6.92 Å². The van der Waals surface area contributed by atoms with Crippen molar-refractivity contribution in [3.05, 3.63) is 35.4 Å². The van der Waals surface area contributed by atoms with Crippen molar-refractivity contribution in [3.8, 4) is 17.2 Å². The molecule has 0 spiro atoms. The van der Waals surface area contributed by atoms with Crippen LogP contribution in [0.25, 0.3) is 5.69 Å². The molecular formula is C17H20N2O4. The van der Waals surface area contributed by atoms with Crippen LogP contribution in [0.5, 0.6) is 11.5 Å². The summed E-state index contributed by atoms with van der Waals surface area (Å²) in [6.45, 7) is 8.31. The van der Waals surface area contributed by atoms with Gasteiger partial charge in [0, 0.05) is 6.07 Å². The Hall–Kier alpha value is -2.50. The quantitative estimate of drug-likeness (QED) is 0.811. The number of hydrogen-bond acceptors (Lipinski definition) is 5. The lowest BCUT2D eigenvalue weighted by molar-refractivity contribution is 0.0516. The molecule has 2 aromatic rings. The van der Waals surface area contributed by atoms with E-state index in [1.54, 1.807) is 13.3 Å². The van der Waals surface area contributed by atoms with Crippen LogP contribution >= 0.6 is 0 Å². The van der Waals surface area contributed by atoms with Gasteiger partial charge in [0.15, 0.2) is 5.69 Å². The Morgan fingerprint density at radius 2 is 2.22 bits per heavy atom. The minimum absolute atomic E-state index is 0.0774. The first-order valence-corrected chi connectivity index (χ1v) is 7.69. The Bertz CT molecular complexity index is 749. The van der Waals surface area contributed by atoms with Crippen LogP contribution in [0.1, 0.15) is 42.5 Å². The normalized spacial score (nSPS) is 12.4. The fourth-order valence-electron chi connectivity index (χ4n) is 2.57. The van der Waals surface area contributed by atoms with Crippen LogP contribution in [0.4, 0.5) is 0 Å². The molecule has 1 aromatic heterocycles. The third-order valence-electron chi connectivity index (χ3n) is 3.58. The zero-order valence-electron chi connectivity index (χ0n) is 13.8. The number of hydrogen-bond donors (Lipinski definition) is 0. The summed E-state index contributed by atoms with van der Waals surface area (Å²) in [5.41, 5.74) is 2.81. The van der Waals surface area contributed by atoms with Gasteiger partial charge in [0.1, 0.15) is 24.4 Å². The molecule has 2 heterocycles. The van der Waals surface area contributed by atoms with E-state index in [9.17, 15) is 4.79 Å². The Morgan fingerprint density at radius 1 is 1.43 bits per heavy atom. The molecule has 6 nitrogen and oxygen atoms in total. The first kappa shape index (κ1) is 15.4. The SMILES string of the molecule is CCOC(=O)c1ncn2c1COc1cc(C)c(OC(C)C)cc1-2. The van der Waals surface area contributed by atoms with Crippen molar-refractivity contribution in [1.82, 2.24) is 9.55 Å². The molecule has 122 valence electrons. The number of aromatic nitrogens is 2. The smallest absolute Gasteiger partial charge is 0.358 e. The Kier molecular flexibility index (Phi) is 3.98. The molecule has 3 rings (SSSR count). The molecule has 0 amide bonds. The lowest BCUT2D eigenvalue weighted by atomic mass is 10.1. The lowest BCUT2D eigenvalue weighted by Crippen LogP contribution is -2.17. The summed E-state index contributed by atoms with van der Waals surface area (Å²) in [4.78, 5) is 16.2. The minimum atomic E-state index is -0.431. The van der Waals surface area contributed by atoms with Crippen molar-refractivity contribution in [2.75, 3.05) is 6.61 Å². The van der Waals surface area contributed by atoms with E-state index in [-0.39, 0.29) is 12.7 Å². The van der Waals surface area contributed by atoms with Gasteiger partial charge in [-0.2, -0.15) is 0 Å². The third kappa shape index (κ3) is 2.76. The van der Waals surface area contributed by atoms with E-state index in [0.29, 0.717) is 18.0 Å². The second-order valence-corrected chi connectivity index (χ2v) is 5.67. The molecule has 1 aliphatic heterocycles. The molecule has 1 aromatic carbocycles. The first-order valence-electron chi connectivity index (χ1n) is 7.69. The van der Waals surface area contributed by atoms with Gasteiger partial charge in [-0.1, -0.05) is 0 Å². The van der Waals surface area contributed by atoms with Crippen molar-refractivity contribution in [2.45, 2.75) is 40.4 Å². The molecule has 0 saturated carbocycles. The molecular weight excluding hydrogens is 296 g/mol.